The second kappa shape index (κ2) is 8.24. The Kier molecular flexibility index (Phi) is 5.95. The Morgan fingerprint density at radius 3 is 2.68 bits per heavy atom. The van der Waals surface area contributed by atoms with E-state index >= 15 is 0 Å². The van der Waals surface area contributed by atoms with Crippen LogP contribution in [0.25, 0.3) is 0 Å². The summed E-state index contributed by atoms with van der Waals surface area (Å²) in [4.78, 5) is 12.3. The number of carbonyl (C=O) groups is 1. The molecule has 1 aliphatic heterocycles. The Hall–Kier alpha value is -2.52. The van der Waals surface area contributed by atoms with Gasteiger partial charge in [0.15, 0.2) is 11.5 Å². The highest BCUT2D eigenvalue weighted by atomic mass is 35.5. The summed E-state index contributed by atoms with van der Waals surface area (Å²) in [6.07, 6.45) is 0.540. The number of ether oxygens (including phenoxy) is 2. The zero-order valence-corrected chi connectivity index (χ0v) is 16.5. The molecule has 0 aromatic heterocycles. The van der Waals surface area contributed by atoms with Crippen LogP contribution in [0.5, 0.6) is 11.5 Å². The molecule has 1 unspecified atom stereocenters. The fourth-order valence-electron chi connectivity index (χ4n) is 2.62. The van der Waals surface area contributed by atoms with E-state index in [9.17, 15) is 17.6 Å². The number of rotatable bonds is 6. The van der Waals surface area contributed by atoms with Crippen LogP contribution in [-0.4, -0.2) is 46.4 Å². The van der Waals surface area contributed by atoms with Gasteiger partial charge in [0.2, 0.25) is 15.9 Å². The van der Waals surface area contributed by atoms with Crippen molar-refractivity contribution in [1.29, 1.82) is 0 Å². The lowest BCUT2D eigenvalue weighted by molar-refractivity contribution is -0.120. The molecule has 3 rings (SSSR count). The molecule has 0 spiro atoms. The molecule has 0 saturated carbocycles. The van der Waals surface area contributed by atoms with Gasteiger partial charge in [-0.1, -0.05) is 23.7 Å². The Morgan fingerprint density at radius 2 is 2.00 bits per heavy atom. The molecule has 0 saturated heterocycles. The van der Waals surface area contributed by atoms with Gasteiger partial charge in [0.25, 0.3) is 0 Å². The lowest BCUT2D eigenvalue weighted by atomic mass is 10.2. The van der Waals surface area contributed by atoms with E-state index in [4.69, 9.17) is 21.1 Å². The SMILES string of the molecule is CS(=O)(=O)N(CC(=O)NCC1COc2ccccc2O1)c1ccc(F)c(Cl)c1. The van der Waals surface area contributed by atoms with Gasteiger partial charge >= 0.3 is 0 Å². The third-order valence-corrected chi connectivity index (χ3v) is 5.40. The molecule has 150 valence electrons. The van der Waals surface area contributed by atoms with Crippen molar-refractivity contribution in [2.75, 3.05) is 30.3 Å². The first-order valence-corrected chi connectivity index (χ1v) is 10.5. The summed E-state index contributed by atoms with van der Waals surface area (Å²) < 4.78 is 49.6. The summed E-state index contributed by atoms with van der Waals surface area (Å²) in [5.74, 6) is -0.0281. The molecule has 2 aromatic carbocycles. The Balaban J connectivity index is 1.62. The van der Waals surface area contributed by atoms with Gasteiger partial charge in [0, 0.05) is 0 Å². The maximum absolute atomic E-state index is 13.3. The number of sulfonamides is 1. The number of fused-ring (bicyclic) bond motifs is 1. The average Bonchev–Trinajstić information content (AvgIpc) is 2.65. The van der Waals surface area contributed by atoms with Crippen LogP contribution in [0.15, 0.2) is 42.5 Å². The standard InChI is InChI=1S/C18H18ClFN2O5S/c1-28(24,25)22(12-6-7-15(20)14(19)8-12)10-18(23)21-9-13-11-26-16-4-2-3-5-17(16)27-13/h2-8,13H,9-11H2,1H3,(H,21,23). The quantitative estimate of drug-likeness (QED) is 0.762. The summed E-state index contributed by atoms with van der Waals surface area (Å²) in [6.45, 7) is -0.0967. The van der Waals surface area contributed by atoms with Crippen molar-refractivity contribution in [2.24, 2.45) is 0 Å². The average molecular weight is 429 g/mol. The summed E-state index contributed by atoms with van der Waals surface area (Å²) in [5, 5.41) is 2.39. The number of carbonyl (C=O) groups excluding carboxylic acids is 1. The summed E-state index contributed by atoms with van der Waals surface area (Å²) in [6, 6.07) is 10.6. The molecular formula is C18H18ClFN2O5S. The maximum Gasteiger partial charge on any atom is 0.240 e. The van der Waals surface area contributed by atoms with Gasteiger partial charge in [-0.2, -0.15) is 0 Å². The van der Waals surface area contributed by atoms with E-state index in [0.29, 0.717) is 11.5 Å². The van der Waals surface area contributed by atoms with E-state index in [0.717, 1.165) is 22.7 Å². The first-order valence-electron chi connectivity index (χ1n) is 8.32. The van der Waals surface area contributed by atoms with Crippen LogP contribution in [0.1, 0.15) is 0 Å². The number of hydrogen-bond donors (Lipinski definition) is 1. The molecular weight excluding hydrogens is 411 g/mol. The molecule has 1 aliphatic rings. The number of para-hydroxylation sites is 2. The molecule has 1 amide bonds. The second-order valence-corrected chi connectivity index (χ2v) is 8.48. The molecule has 1 N–H and O–H groups in total. The molecule has 10 heteroatoms. The van der Waals surface area contributed by atoms with Crippen LogP contribution in [-0.2, 0) is 14.8 Å². The van der Waals surface area contributed by atoms with Gasteiger partial charge in [-0.15, -0.1) is 0 Å². The largest absolute Gasteiger partial charge is 0.486 e. The van der Waals surface area contributed by atoms with Gasteiger partial charge in [0.05, 0.1) is 23.5 Å². The Morgan fingerprint density at radius 1 is 1.29 bits per heavy atom. The predicted octanol–water partition coefficient (Wildman–Crippen LogP) is 2.20. The van der Waals surface area contributed by atoms with Crippen molar-refractivity contribution in [1.82, 2.24) is 5.32 Å². The number of amides is 1. The number of anilines is 1. The molecule has 0 radical (unpaired) electrons. The highest BCUT2D eigenvalue weighted by Crippen LogP contribution is 2.30. The van der Waals surface area contributed by atoms with E-state index in [1.807, 2.05) is 6.07 Å². The van der Waals surface area contributed by atoms with Crippen molar-refractivity contribution in [3.8, 4) is 11.5 Å². The molecule has 1 heterocycles. The summed E-state index contributed by atoms with van der Waals surface area (Å²) in [7, 11) is -3.79. The van der Waals surface area contributed by atoms with Crippen molar-refractivity contribution in [2.45, 2.75) is 6.10 Å². The van der Waals surface area contributed by atoms with E-state index in [-0.39, 0.29) is 23.9 Å². The van der Waals surface area contributed by atoms with Gasteiger partial charge in [0.1, 0.15) is 25.1 Å². The highest BCUT2D eigenvalue weighted by Gasteiger charge is 2.24. The third-order valence-electron chi connectivity index (χ3n) is 3.97. The van der Waals surface area contributed by atoms with Crippen LogP contribution in [0, 0.1) is 5.82 Å². The smallest absolute Gasteiger partial charge is 0.240 e. The molecule has 7 nitrogen and oxygen atoms in total. The minimum atomic E-state index is -3.79. The third kappa shape index (κ3) is 4.85. The number of hydrogen-bond acceptors (Lipinski definition) is 5. The summed E-state index contributed by atoms with van der Waals surface area (Å²) in [5.41, 5.74) is 0.0928. The first-order chi connectivity index (χ1) is 13.2. The lowest BCUT2D eigenvalue weighted by Gasteiger charge is -2.27. The van der Waals surface area contributed by atoms with Crippen molar-refractivity contribution < 1.29 is 27.1 Å². The van der Waals surface area contributed by atoms with Gasteiger partial charge in [-0.05, 0) is 30.3 Å². The fourth-order valence-corrected chi connectivity index (χ4v) is 3.64. The molecule has 2 aromatic rings. The first kappa shape index (κ1) is 20.2. The number of benzene rings is 2. The van der Waals surface area contributed by atoms with Crippen LogP contribution >= 0.6 is 11.6 Å². The van der Waals surface area contributed by atoms with Crippen molar-refractivity contribution >= 4 is 33.2 Å². The zero-order valence-electron chi connectivity index (χ0n) is 14.9. The van der Waals surface area contributed by atoms with Crippen LogP contribution < -0.4 is 19.1 Å². The molecule has 0 aliphatic carbocycles. The second-order valence-electron chi connectivity index (χ2n) is 6.17. The topological polar surface area (TPSA) is 84.9 Å². The normalized spacial score (nSPS) is 15.8. The summed E-state index contributed by atoms with van der Waals surface area (Å²) >= 11 is 5.72. The lowest BCUT2D eigenvalue weighted by Crippen LogP contribution is -2.45. The van der Waals surface area contributed by atoms with Gasteiger partial charge < -0.3 is 14.8 Å². The number of nitrogens with zero attached hydrogens (tertiary/aromatic N) is 1. The van der Waals surface area contributed by atoms with Crippen LogP contribution in [0.2, 0.25) is 5.02 Å². The number of nitrogens with one attached hydrogen (secondary N) is 1. The van der Waals surface area contributed by atoms with Crippen LogP contribution in [0.4, 0.5) is 10.1 Å². The van der Waals surface area contributed by atoms with E-state index < -0.39 is 34.4 Å². The van der Waals surface area contributed by atoms with E-state index in [1.54, 1.807) is 18.2 Å². The van der Waals surface area contributed by atoms with E-state index in [2.05, 4.69) is 5.32 Å². The van der Waals surface area contributed by atoms with Crippen molar-refractivity contribution in [3.63, 3.8) is 0 Å². The monoisotopic (exact) mass is 428 g/mol. The minimum absolute atomic E-state index is 0.0928. The maximum atomic E-state index is 13.3. The van der Waals surface area contributed by atoms with Crippen LogP contribution in [0.3, 0.4) is 0 Å². The number of halogens is 2. The van der Waals surface area contributed by atoms with Gasteiger partial charge in [-0.3, -0.25) is 9.10 Å². The fraction of sp³-hybridized carbons (Fsp3) is 0.278. The van der Waals surface area contributed by atoms with Crippen molar-refractivity contribution in [3.05, 3.63) is 53.3 Å². The predicted molar refractivity (Wildman–Crippen MR) is 103 cm³/mol. The van der Waals surface area contributed by atoms with E-state index in [1.165, 1.54) is 6.07 Å². The Bertz CT molecular complexity index is 986. The Labute approximate surface area is 167 Å². The molecule has 28 heavy (non-hydrogen) atoms. The molecule has 0 bridgehead atoms. The highest BCUT2D eigenvalue weighted by molar-refractivity contribution is 7.92. The van der Waals surface area contributed by atoms with Gasteiger partial charge in [-0.25, -0.2) is 12.8 Å². The zero-order chi connectivity index (χ0) is 20.3. The molecule has 0 fully saturated rings. The minimum Gasteiger partial charge on any atom is -0.486 e. The molecule has 1 atom stereocenters.